The summed E-state index contributed by atoms with van der Waals surface area (Å²) in [5.41, 5.74) is -0.275. The average molecular weight is 277 g/mol. The third kappa shape index (κ3) is 2.29. The number of hydrogen-bond donors (Lipinski definition) is 2. The quantitative estimate of drug-likeness (QED) is 0.793. The maximum absolute atomic E-state index is 12.0. The molecule has 5 nitrogen and oxygen atoms in total. The molecule has 0 spiro atoms. The molecule has 20 heavy (non-hydrogen) atoms. The molecule has 1 aliphatic heterocycles. The van der Waals surface area contributed by atoms with Gasteiger partial charge in [-0.05, 0) is 39.2 Å². The van der Waals surface area contributed by atoms with Crippen LogP contribution in [0.3, 0.4) is 0 Å². The lowest BCUT2D eigenvalue weighted by atomic mass is 9.75. The van der Waals surface area contributed by atoms with Crippen molar-refractivity contribution in [3.63, 3.8) is 0 Å². The second-order valence-corrected chi connectivity index (χ2v) is 5.91. The van der Waals surface area contributed by atoms with Crippen molar-refractivity contribution in [3.8, 4) is 5.75 Å². The molecule has 0 atom stereocenters. The van der Waals surface area contributed by atoms with E-state index in [1.807, 2.05) is 27.7 Å². The van der Waals surface area contributed by atoms with Gasteiger partial charge in [0.25, 0.3) is 5.91 Å². The molecule has 1 aliphatic rings. The van der Waals surface area contributed by atoms with Gasteiger partial charge in [-0.15, -0.1) is 0 Å². The third-order valence-corrected chi connectivity index (χ3v) is 4.04. The Labute approximate surface area is 119 Å². The number of carbonyl (C=O) groups is 1. The van der Waals surface area contributed by atoms with Crippen LogP contribution in [-0.2, 0) is 9.31 Å². The molecule has 1 heterocycles. The van der Waals surface area contributed by atoms with Crippen LogP contribution >= 0.6 is 0 Å². The van der Waals surface area contributed by atoms with Gasteiger partial charge >= 0.3 is 7.12 Å². The van der Waals surface area contributed by atoms with E-state index >= 15 is 0 Å². The van der Waals surface area contributed by atoms with Crippen LogP contribution in [0.5, 0.6) is 5.75 Å². The summed E-state index contributed by atoms with van der Waals surface area (Å²) in [7, 11) is 0.836. The first-order chi connectivity index (χ1) is 9.19. The predicted molar refractivity (Wildman–Crippen MR) is 77.2 cm³/mol. The molecule has 1 aromatic rings. The summed E-state index contributed by atoms with van der Waals surface area (Å²) in [4.78, 5) is 12.0. The van der Waals surface area contributed by atoms with Crippen molar-refractivity contribution in [2.45, 2.75) is 38.9 Å². The number of nitrogens with one attached hydrogen (secondary N) is 1. The number of carbonyl (C=O) groups excluding carboxylic acids is 1. The molecule has 1 fully saturated rings. The highest BCUT2D eigenvalue weighted by Gasteiger charge is 2.52. The van der Waals surface area contributed by atoms with Crippen LogP contribution in [0, 0.1) is 0 Å². The van der Waals surface area contributed by atoms with Crippen molar-refractivity contribution < 1.29 is 19.2 Å². The van der Waals surface area contributed by atoms with E-state index in [0.29, 0.717) is 5.46 Å². The van der Waals surface area contributed by atoms with Gasteiger partial charge in [0.05, 0.1) is 16.8 Å². The molecular formula is C14H20BNO4. The molecule has 0 aromatic heterocycles. The van der Waals surface area contributed by atoms with Gasteiger partial charge in [0.15, 0.2) is 0 Å². The number of phenolic OH excluding ortho intramolecular Hbond substituents is 1. The van der Waals surface area contributed by atoms with E-state index in [1.54, 1.807) is 12.1 Å². The fraction of sp³-hybridized carbons (Fsp3) is 0.500. The fourth-order valence-electron chi connectivity index (χ4n) is 2.10. The second kappa shape index (κ2) is 4.79. The Balaban J connectivity index is 2.46. The van der Waals surface area contributed by atoms with Gasteiger partial charge in [-0.2, -0.15) is 0 Å². The molecule has 2 N–H and O–H groups in total. The first-order valence-electron chi connectivity index (χ1n) is 6.59. The smallest absolute Gasteiger partial charge is 0.495 e. The Hall–Kier alpha value is -1.53. The minimum Gasteiger partial charge on any atom is -0.507 e. The van der Waals surface area contributed by atoms with Crippen LogP contribution in [0.1, 0.15) is 38.1 Å². The summed E-state index contributed by atoms with van der Waals surface area (Å²) in [6, 6.07) is 4.87. The Morgan fingerprint density at radius 2 is 1.75 bits per heavy atom. The van der Waals surface area contributed by atoms with Crippen molar-refractivity contribution >= 4 is 18.5 Å². The molecule has 1 saturated heterocycles. The van der Waals surface area contributed by atoms with Crippen molar-refractivity contribution in [3.05, 3.63) is 23.8 Å². The Bertz CT molecular complexity index is 526. The molecular weight excluding hydrogens is 257 g/mol. The highest BCUT2D eigenvalue weighted by Crippen LogP contribution is 2.37. The van der Waals surface area contributed by atoms with Crippen LogP contribution in [-0.4, -0.2) is 36.4 Å². The van der Waals surface area contributed by atoms with Crippen LogP contribution in [0.2, 0.25) is 0 Å². The van der Waals surface area contributed by atoms with Gasteiger partial charge in [0, 0.05) is 7.05 Å². The minimum absolute atomic E-state index is 0.0865. The van der Waals surface area contributed by atoms with Crippen molar-refractivity contribution in [2.75, 3.05) is 7.05 Å². The zero-order valence-electron chi connectivity index (χ0n) is 12.5. The highest BCUT2D eigenvalue weighted by molar-refractivity contribution is 6.63. The van der Waals surface area contributed by atoms with Crippen molar-refractivity contribution in [1.82, 2.24) is 5.32 Å². The Morgan fingerprint density at radius 3 is 2.25 bits per heavy atom. The number of amides is 1. The van der Waals surface area contributed by atoms with E-state index in [9.17, 15) is 9.90 Å². The van der Waals surface area contributed by atoms with Gasteiger partial charge in [0.2, 0.25) is 0 Å². The summed E-state index contributed by atoms with van der Waals surface area (Å²) in [6.45, 7) is 7.76. The maximum Gasteiger partial charge on any atom is 0.495 e. The van der Waals surface area contributed by atoms with E-state index in [0.717, 1.165) is 0 Å². The first kappa shape index (κ1) is 14.9. The minimum atomic E-state index is -0.681. The lowest BCUT2D eigenvalue weighted by molar-refractivity contribution is 0.00578. The first-order valence-corrected chi connectivity index (χ1v) is 6.59. The van der Waals surface area contributed by atoms with Crippen LogP contribution < -0.4 is 10.8 Å². The van der Waals surface area contributed by atoms with Crippen molar-refractivity contribution in [1.29, 1.82) is 0 Å². The molecule has 108 valence electrons. The van der Waals surface area contributed by atoms with Crippen molar-refractivity contribution in [2.24, 2.45) is 0 Å². The largest absolute Gasteiger partial charge is 0.507 e. The fourth-order valence-corrected chi connectivity index (χ4v) is 2.10. The van der Waals surface area contributed by atoms with Crippen LogP contribution in [0.15, 0.2) is 18.2 Å². The lowest BCUT2D eigenvalue weighted by Gasteiger charge is -2.32. The highest BCUT2D eigenvalue weighted by atomic mass is 16.7. The van der Waals surface area contributed by atoms with E-state index in [1.165, 1.54) is 13.1 Å². The Morgan fingerprint density at radius 1 is 1.20 bits per heavy atom. The topological polar surface area (TPSA) is 67.8 Å². The number of aromatic hydroxyl groups is 1. The van der Waals surface area contributed by atoms with Crippen LogP contribution in [0.25, 0.3) is 0 Å². The summed E-state index contributed by atoms with van der Waals surface area (Å²) in [5, 5.41) is 12.5. The summed E-state index contributed by atoms with van der Waals surface area (Å²) >= 11 is 0. The normalized spacial score (nSPS) is 19.9. The van der Waals surface area contributed by atoms with Gasteiger partial charge in [-0.1, -0.05) is 12.1 Å². The molecule has 0 saturated carbocycles. The monoisotopic (exact) mass is 277 g/mol. The van der Waals surface area contributed by atoms with E-state index in [4.69, 9.17) is 9.31 Å². The molecule has 1 amide bonds. The standard InChI is InChI=1S/C14H20BNO4/c1-13(2)14(3,4)20-15(19-13)9-7-6-8-10(17)11(9)12(18)16-5/h6-8,17H,1-5H3,(H,16,18). The molecule has 0 bridgehead atoms. The number of benzene rings is 1. The summed E-state index contributed by atoms with van der Waals surface area (Å²) in [6.07, 6.45) is 0. The van der Waals surface area contributed by atoms with E-state index < -0.39 is 18.3 Å². The number of rotatable bonds is 2. The molecule has 0 unspecified atom stereocenters. The third-order valence-electron chi connectivity index (χ3n) is 4.04. The van der Waals surface area contributed by atoms with Gasteiger partial charge < -0.3 is 19.7 Å². The maximum atomic E-state index is 12.0. The zero-order chi connectivity index (χ0) is 15.1. The lowest BCUT2D eigenvalue weighted by Crippen LogP contribution is -2.41. The zero-order valence-corrected chi connectivity index (χ0v) is 12.5. The van der Waals surface area contributed by atoms with E-state index in [-0.39, 0.29) is 17.2 Å². The van der Waals surface area contributed by atoms with Gasteiger partial charge in [-0.3, -0.25) is 4.79 Å². The SMILES string of the molecule is CNC(=O)c1c(O)cccc1B1OC(C)(C)C(C)(C)O1. The molecule has 2 rings (SSSR count). The Kier molecular flexibility index (Phi) is 3.56. The summed E-state index contributed by atoms with van der Waals surface area (Å²) in [5.74, 6) is -0.454. The molecule has 0 aliphatic carbocycles. The summed E-state index contributed by atoms with van der Waals surface area (Å²) < 4.78 is 11.9. The van der Waals surface area contributed by atoms with Gasteiger partial charge in [0.1, 0.15) is 5.75 Å². The molecule has 6 heteroatoms. The number of phenols is 1. The van der Waals surface area contributed by atoms with Crippen LogP contribution in [0.4, 0.5) is 0 Å². The number of hydrogen-bond acceptors (Lipinski definition) is 4. The molecule has 0 radical (unpaired) electrons. The van der Waals surface area contributed by atoms with Gasteiger partial charge in [-0.25, -0.2) is 0 Å². The van der Waals surface area contributed by atoms with E-state index in [2.05, 4.69) is 5.32 Å². The molecule has 1 aromatic carbocycles. The second-order valence-electron chi connectivity index (χ2n) is 5.91. The predicted octanol–water partition coefficient (Wildman–Crippen LogP) is 1.05. The average Bonchev–Trinajstić information content (AvgIpc) is 2.57.